The molecule has 0 amide bonds. The lowest BCUT2D eigenvalue weighted by Crippen LogP contribution is -2.40. The molecule has 1 aromatic rings. The lowest BCUT2D eigenvalue weighted by Gasteiger charge is -2.25. The average Bonchev–Trinajstić information content (AvgIpc) is 2.68. The number of thioether (sulfide) groups is 1. The van der Waals surface area contributed by atoms with Gasteiger partial charge in [0.15, 0.2) is 17.5 Å². The minimum atomic E-state index is -3.27. The lowest BCUT2D eigenvalue weighted by atomic mass is 10.3. The fraction of sp³-hybridized carbons (Fsp3) is 0.588. The molecule has 152 valence electrons. The van der Waals surface area contributed by atoms with Gasteiger partial charge in [0.2, 0.25) is 10.0 Å². The molecular weight excluding hydrogens is 388 g/mol. The first-order chi connectivity index (χ1) is 13.0. The summed E-state index contributed by atoms with van der Waals surface area (Å²) in [7, 11) is -0.110. The van der Waals surface area contributed by atoms with Crippen LogP contribution in [0.2, 0.25) is 0 Å². The van der Waals surface area contributed by atoms with Crippen molar-refractivity contribution in [1.82, 2.24) is 9.62 Å². The van der Waals surface area contributed by atoms with E-state index < -0.39 is 10.0 Å². The van der Waals surface area contributed by atoms with Crippen molar-refractivity contribution < 1.29 is 17.9 Å². The Balaban J connectivity index is 2.01. The van der Waals surface area contributed by atoms with Crippen molar-refractivity contribution in [3.63, 3.8) is 0 Å². The zero-order valence-corrected chi connectivity index (χ0v) is 17.7. The number of guanidine groups is 1. The van der Waals surface area contributed by atoms with Crippen LogP contribution in [-0.2, 0) is 10.0 Å². The highest BCUT2D eigenvalue weighted by molar-refractivity contribution is 7.99. The van der Waals surface area contributed by atoms with E-state index in [0.717, 1.165) is 17.2 Å². The quantitative estimate of drug-likeness (QED) is 0.490. The number of rotatable bonds is 8. The van der Waals surface area contributed by atoms with Crippen molar-refractivity contribution >= 4 is 33.4 Å². The number of nitrogens with one attached hydrogen (secondary N) is 2. The molecule has 0 unspecified atom stereocenters. The lowest BCUT2D eigenvalue weighted by molar-refractivity contribution is 0.355. The number of aliphatic imine (C=N–C) groups is 1. The zero-order valence-electron chi connectivity index (χ0n) is 16.0. The van der Waals surface area contributed by atoms with Gasteiger partial charge in [-0.25, -0.2) is 12.7 Å². The summed E-state index contributed by atoms with van der Waals surface area (Å²) >= 11 is 1.78. The normalized spacial score (nSPS) is 16.0. The van der Waals surface area contributed by atoms with Gasteiger partial charge < -0.3 is 20.1 Å². The molecule has 27 heavy (non-hydrogen) atoms. The average molecular weight is 417 g/mol. The van der Waals surface area contributed by atoms with E-state index in [1.807, 2.05) is 13.0 Å². The third kappa shape index (κ3) is 6.47. The maximum Gasteiger partial charge on any atom is 0.215 e. The van der Waals surface area contributed by atoms with Crippen LogP contribution in [0.5, 0.6) is 11.5 Å². The van der Waals surface area contributed by atoms with Crippen molar-refractivity contribution in [2.75, 3.05) is 63.0 Å². The van der Waals surface area contributed by atoms with E-state index in [1.54, 1.807) is 42.4 Å². The highest BCUT2D eigenvalue weighted by atomic mass is 32.2. The van der Waals surface area contributed by atoms with Crippen molar-refractivity contribution in [3.05, 3.63) is 18.2 Å². The van der Waals surface area contributed by atoms with Crippen LogP contribution < -0.4 is 20.1 Å². The molecular formula is C17H28N4O4S2. The fourth-order valence-electron chi connectivity index (χ4n) is 2.58. The summed E-state index contributed by atoms with van der Waals surface area (Å²) in [6.45, 7) is 3.97. The largest absolute Gasteiger partial charge is 0.493 e. The zero-order chi connectivity index (χ0) is 19.7. The maximum atomic E-state index is 12.4. The Kier molecular flexibility index (Phi) is 8.52. The SMILES string of the molecule is CCNC(=NCCS(=O)(=O)N1CCSCC1)Nc1ccc(OC)c(OC)c1. The molecule has 0 spiro atoms. The Morgan fingerprint density at radius 2 is 1.93 bits per heavy atom. The molecule has 0 aliphatic carbocycles. The second-order valence-corrected chi connectivity index (χ2v) is 9.10. The summed E-state index contributed by atoms with van der Waals surface area (Å²) in [5.74, 6) is 3.46. The first-order valence-electron chi connectivity index (χ1n) is 8.83. The molecule has 2 rings (SSSR count). The Morgan fingerprint density at radius 1 is 1.22 bits per heavy atom. The van der Waals surface area contributed by atoms with E-state index in [1.165, 1.54) is 0 Å². The van der Waals surface area contributed by atoms with E-state index in [4.69, 9.17) is 9.47 Å². The van der Waals surface area contributed by atoms with Crippen molar-refractivity contribution in [2.45, 2.75) is 6.92 Å². The van der Waals surface area contributed by atoms with Gasteiger partial charge in [0.1, 0.15) is 0 Å². The van der Waals surface area contributed by atoms with Crippen molar-refractivity contribution in [3.8, 4) is 11.5 Å². The number of hydrogen-bond acceptors (Lipinski definition) is 6. The number of benzene rings is 1. The highest BCUT2D eigenvalue weighted by Gasteiger charge is 2.23. The standard InChI is InChI=1S/C17H28N4O4S2/c1-4-18-17(20-14-5-6-15(24-2)16(13-14)25-3)19-7-12-27(22,23)21-8-10-26-11-9-21/h5-6,13H,4,7-12H2,1-3H3,(H2,18,19,20). The van der Waals surface area contributed by atoms with E-state index in [2.05, 4.69) is 15.6 Å². The van der Waals surface area contributed by atoms with Gasteiger partial charge in [0.05, 0.1) is 26.5 Å². The molecule has 0 atom stereocenters. The molecule has 0 radical (unpaired) electrons. The monoisotopic (exact) mass is 416 g/mol. The van der Waals surface area contributed by atoms with Gasteiger partial charge in [0.25, 0.3) is 0 Å². The van der Waals surface area contributed by atoms with Gasteiger partial charge in [-0.2, -0.15) is 11.8 Å². The van der Waals surface area contributed by atoms with Gasteiger partial charge in [0, 0.05) is 42.9 Å². The minimum Gasteiger partial charge on any atom is -0.493 e. The first-order valence-corrected chi connectivity index (χ1v) is 11.6. The molecule has 0 aromatic heterocycles. The number of sulfonamides is 1. The molecule has 1 heterocycles. The third-order valence-corrected chi connectivity index (χ3v) is 6.77. The summed E-state index contributed by atoms with van der Waals surface area (Å²) < 4.78 is 36.9. The molecule has 1 saturated heterocycles. The number of ether oxygens (including phenoxy) is 2. The van der Waals surface area contributed by atoms with Crippen LogP contribution in [0.25, 0.3) is 0 Å². The maximum absolute atomic E-state index is 12.4. The van der Waals surface area contributed by atoms with Crippen LogP contribution in [0, 0.1) is 0 Å². The smallest absolute Gasteiger partial charge is 0.215 e. The van der Waals surface area contributed by atoms with Crippen LogP contribution in [0.15, 0.2) is 23.2 Å². The van der Waals surface area contributed by atoms with E-state index in [0.29, 0.717) is 37.1 Å². The Labute approximate surface area is 165 Å². The van der Waals surface area contributed by atoms with Crippen LogP contribution >= 0.6 is 11.8 Å². The van der Waals surface area contributed by atoms with E-state index in [9.17, 15) is 8.42 Å². The van der Waals surface area contributed by atoms with E-state index >= 15 is 0 Å². The van der Waals surface area contributed by atoms with Gasteiger partial charge >= 0.3 is 0 Å². The fourth-order valence-corrected chi connectivity index (χ4v) is 5.04. The topological polar surface area (TPSA) is 92.3 Å². The van der Waals surface area contributed by atoms with Crippen LogP contribution in [-0.4, -0.2) is 76.3 Å². The van der Waals surface area contributed by atoms with Crippen LogP contribution in [0.1, 0.15) is 6.92 Å². The van der Waals surface area contributed by atoms with Gasteiger partial charge in [-0.1, -0.05) is 0 Å². The van der Waals surface area contributed by atoms with Gasteiger partial charge in [-0.3, -0.25) is 4.99 Å². The molecule has 1 fully saturated rings. The highest BCUT2D eigenvalue weighted by Crippen LogP contribution is 2.29. The van der Waals surface area contributed by atoms with Crippen LogP contribution in [0.3, 0.4) is 0 Å². The van der Waals surface area contributed by atoms with Crippen molar-refractivity contribution in [2.24, 2.45) is 4.99 Å². The summed E-state index contributed by atoms with van der Waals surface area (Å²) in [6.07, 6.45) is 0. The minimum absolute atomic E-state index is 0.000173. The van der Waals surface area contributed by atoms with Crippen LogP contribution in [0.4, 0.5) is 5.69 Å². The number of methoxy groups -OCH3 is 2. The number of hydrogen-bond donors (Lipinski definition) is 2. The Hall–Kier alpha value is -1.65. The number of nitrogens with zero attached hydrogens (tertiary/aromatic N) is 2. The predicted octanol–water partition coefficient (Wildman–Crippen LogP) is 1.46. The van der Waals surface area contributed by atoms with Crippen molar-refractivity contribution in [1.29, 1.82) is 0 Å². The molecule has 10 heteroatoms. The van der Waals surface area contributed by atoms with E-state index in [-0.39, 0.29) is 12.3 Å². The summed E-state index contributed by atoms with van der Waals surface area (Å²) in [5, 5.41) is 6.28. The molecule has 1 aromatic carbocycles. The molecule has 2 N–H and O–H groups in total. The van der Waals surface area contributed by atoms with Gasteiger partial charge in [-0.15, -0.1) is 0 Å². The summed E-state index contributed by atoms with van der Waals surface area (Å²) in [6, 6.07) is 5.44. The summed E-state index contributed by atoms with van der Waals surface area (Å²) in [4.78, 5) is 4.40. The number of anilines is 1. The Morgan fingerprint density at radius 3 is 2.56 bits per heavy atom. The predicted molar refractivity (Wildman–Crippen MR) is 112 cm³/mol. The summed E-state index contributed by atoms with van der Waals surface area (Å²) in [5.41, 5.74) is 0.767. The second kappa shape index (κ2) is 10.6. The molecule has 8 nitrogen and oxygen atoms in total. The third-order valence-electron chi connectivity index (χ3n) is 3.97. The second-order valence-electron chi connectivity index (χ2n) is 5.78. The molecule has 1 aliphatic heterocycles. The van der Waals surface area contributed by atoms with Gasteiger partial charge in [-0.05, 0) is 19.1 Å². The molecule has 0 bridgehead atoms. The molecule has 0 saturated carbocycles. The Bertz CT molecular complexity index is 734. The molecule has 1 aliphatic rings. The first kappa shape index (κ1) is 21.6.